The van der Waals surface area contributed by atoms with Crippen molar-refractivity contribution in [2.24, 2.45) is 0 Å². The number of hydrogen-bond acceptors (Lipinski definition) is 8. The van der Waals surface area contributed by atoms with E-state index < -0.39 is 7.82 Å². The van der Waals surface area contributed by atoms with Gasteiger partial charge in [0.05, 0.1) is 14.2 Å². The Hall–Kier alpha value is -2.22. The summed E-state index contributed by atoms with van der Waals surface area (Å²) in [7, 11) is 4.66. The Balaban J connectivity index is 0.000000491. The van der Waals surface area contributed by atoms with Gasteiger partial charge in [-0.1, -0.05) is 8.73 Å². The molecule has 0 aromatic heterocycles. The van der Waals surface area contributed by atoms with Gasteiger partial charge in [-0.05, 0) is 38.0 Å². The highest BCUT2D eigenvalue weighted by atomic mass is 31.2. The summed E-state index contributed by atoms with van der Waals surface area (Å²) in [5.74, 6) is 0.901. The number of phenolic OH excluding ortho intramolecular Hbond substituents is 1. The lowest BCUT2D eigenvalue weighted by Crippen LogP contribution is -1.96. The van der Waals surface area contributed by atoms with Crippen molar-refractivity contribution in [2.75, 3.05) is 52.7 Å². The highest BCUT2D eigenvalue weighted by Gasteiger charge is 2.19. The molecule has 2 aromatic carbocycles. The molecule has 0 saturated heterocycles. The molecule has 2 aromatic rings. The maximum absolute atomic E-state index is 10.7. The summed E-state index contributed by atoms with van der Waals surface area (Å²) in [5.41, 5.74) is 1.53. The number of hydrogen-bond donors (Lipinski definition) is 6. The summed E-state index contributed by atoms with van der Waals surface area (Å²) in [6.45, 7) is 2.10. The van der Waals surface area contributed by atoms with Crippen LogP contribution >= 0.6 is 16.6 Å². The maximum Gasteiger partial charge on any atom is 0.524 e. The lowest BCUT2D eigenvalue weighted by Gasteiger charge is -2.12. The molecular weight excluding hydrogens is 432 g/mol. The molecule has 1 atom stereocenters. The van der Waals surface area contributed by atoms with Crippen LogP contribution in [0.3, 0.4) is 0 Å². The van der Waals surface area contributed by atoms with Gasteiger partial charge in [0, 0.05) is 37.6 Å². The molecule has 0 spiro atoms. The molecule has 0 aliphatic carbocycles. The molecule has 0 heterocycles. The van der Waals surface area contributed by atoms with Crippen LogP contribution in [0.5, 0.6) is 23.0 Å². The highest BCUT2D eigenvalue weighted by Crippen LogP contribution is 2.42. The zero-order chi connectivity index (χ0) is 23.2. The number of methoxy groups -OCH3 is 2. The predicted molar refractivity (Wildman–Crippen MR) is 123 cm³/mol. The number of aromatic hydroxyl groups is 1. The number of phosphoric ester groups is 1. The van der Waals surface area contributed by atoms with Gasteiger partial charge >= 0.3 is 7.82 Å². The van der Waals surface area contributed by atoms with Crippen LogP contribution in [0.25, 0.3) is 0 Å². The average Bonchev–Trinajstić information content (AvgIpc) is 2.73. The molecular formula is C18H31N3O7P2. The minimum atomic E-state index is -4.57. The van der Waals surface area contributed by atoms with E-state index in [1.807, 2.05) is 13.1 Å². The molecule has 30 heavy (non-hydrogen) atoms. The number of anilines is 2. The van der Waals surface area contributed by atoms with Gasteiger partial charge in [-0.2, -0.15) is 0 Å². The standard InChI is InChI=1S/C8H12NO5P.C8H11NO2.C2H8NP/c1-9-6-3-4-7(13-2)8(5-6)14-15(10,11)12;1-9-6-3-4-8(11-2)7(10)5-6;1-3-4-2/h3-5,9H,1-2H3,(H2,10,11,12);3-5,9-10H,1-2H3;3-4H,1-2H3. The van der Waals surface area contributed by atoms with Crippen molar-refractivity contribution in [3.05, 3.63) is 36.4 Å². The summed E-state index contributed by atoms with van der Waals surface area (Å²) in [6.07, 6.45) is 0. The third kappa shape index (κ3) is 11.1. The molecule has 0 saturated carbocycles. The fraction of sp³-hybridized carbons (Fsp3) is 0.333. The van der Waals surface area contributed by atoms with E-state index >= 15 is 0 Å². The van der Waals surface area contributed by atoms with Crippen molar-refractivity contribution >= 4 is 27.9 Å². The molecule has 0 bridgehead atoms. The first-order chi connectivity index (χ1) is 14.1. The molecule has 2 rings (SSSR count). The first-order valence-electron chi connectivity index (χ1n) is 8.64. The minimum Gasteiger partial charge on any atom is -0.504 e. The summed E-state index contributed by atoms with van der Waals surface area (Å²) in [6, 6.07) is 9.85. The number of benzene rings is 2. The van der Waals surface area contributed by atoms with E-state index in [9.17, 15) is 9.67 Å². The van der Waals surface area contributed by atoms with Crippen LogP contribution in [0, 0.1) is 0 Å². The molecule has 0 amide bonds. The second-order valence-corrected chi connectivity index (χ2v) is 7.50. The van der Waals surface area contributed by atoms with Crippen molar-refractivity contribution in [3.63, 3.8) is 0 Å². The Kier molecular flexibility index (Phi) is 13.6. The zero-order valence-corrected chi connectivity index (χ0v) is 19.8. The summed E-state index contributed by atoms with van der Waals surface area (Å²) < 4.78 is 24.9. The topological polar surface area (TPSA) is 142 Å². The Morgan fingerprint density at radius 3 is 1.70 bits per heavy atom. The van der Waals surface area contributed by atoms with E-state index in [4.69, 9.17) is 19.3 Å². The van der Waals surface area contributed by atoms with Gasteiger partial charge in [-0.3, -0.25) is 9.79 Å². The Bertz CT molecular complexity index is 801. The van der Waals surface area contributed by atoms with Gasteiger partial charge in [0.25, 0.3) is 0 Å². The molecule has 170 valence electrons. The van der Waals surface area contributed by atoms with Crippen LogP contribution in [0.15, 0.2) is 36.4 Å². The molecule has 10 nitrogen and oxygen atoms in total. The SMILES string of the molecule is CNPC.CNc1ccc(OC)c(O)c1.CNc1ccc(OC)c(OP(=O)(O)O)c1. The van der Waals surface area contributed by atoms with Crippen LogP contribution < -0.4 is 29.7 Å². The number of phosphoric acid groups is 1. The van der Waals surface area contributed by atoms with Crippen LogP contribution in [0.4, 0.5) is 11.4 Å². The Morgan fingerprint density at radius 2 is 1.33 bits per heavy atom. The van der Waals surface area contributed by atoms with Gasteiger partial charge < -0.3 is 34.8 Å². The fourth-order valence-electron chi connectivity index (χ4n) is 1.88. The van der Waals surface area contributed by atoms with Crippen LogP contribution in [-0.2, 0) is 4.57 Å². The van der Waals surface area contributed by atoms with Crippen molar-refractivity contribution in [3.8, 4) is 23.0 Å². The lowest BCUT2D eigenvalue weighted by atomic mass is 10.3. The third-order valence-electron chi connectivity index (χ3n) is 3.39. The first-order valence-corrected chi connectivity index (χ1v) is 11.7. The monoisotopic (exact) mass is 463 g/mol. The molecule has 0 radical (unpaired) electrons. The molecule has 0 fully saturated rings. The van der Waals surface area contributed by atoms with E-state index in [0.29, 0.717) is 11.4 Å². The number of phenols is 1. The van der Waals surface area contributed by atoms with Crippen molar-refractivity contribution in [2.45, 2.75) is 0 Å². The number of nitrogens with one attached hydrogen (secondary N) is 3. The molecule has 1 unspecified atom stereocenters. The molecule has 0 aliphatic rings. The largest absolute Gasteiger partial charge is 0.524 e. The van der Waals surface area contributed by atoms with E-state index in [2.05, 4.69) is 26.9 Å². The average molecular weight is 463 g/mol. The van der Waals surface area contributed by atoms with E-state index in [1.165, 1.54) is 20.3 Å². The minimum absolute atomic E-state index is 0.00215. The van der Waals surface area contributed by atoms with Gasteiger partial charge in [0.1, 0.15) is 0 Å². The smallest absolute Gasteiger partial charge is 0.504 e. The van der Waals surface area contributed by atoms with Crippen molar-refractivity contribution in [1.29, 1.82) is 0 Å². The van der Waals surface area contributed by atoms with Gasteiger partial charge in [0.15, 0.2) is 23.0 Å². The van der Waals surface area contributed by atoms with Gasteiger partial charge in [0.2, 0.25) is 0 Å². The maximum atomic E-state index is 10.7. The summed E-state index contributed by atoms with van der Waals surface area (Å²) in [5, 5.41) is 17.9. The normalized spacial score (nSPS) is 10.3. The predicted octanol–water partition coefficient (Wildman–Crippen LogP) is 3.08. The Morgan fingerprint density at radius 1 is 0.867 bits per heavy atom. The molecule has 12 heteroatoms. The third-order valence-corrected chi connectivity index (χ3v) is 4.32. The highest BCUT2D eigenvalue weighted by molar-refractivity contribution is 7.46. The zero-order valence-electron chi connectivity index (χ0n) is 17.9. The van der Waals surface area contributed by atoms with E-state index in [-0.39, 0.29) is 17.2 Å². The lowest BCUT2D eigenvalue weighted by molar-refractivity contribution is 0.276. The second-order valence-electron chi connectivity index (χ2n) is 5.33. The van der Waals surface area contributed by atoms with Gasteiger partial charge in [-0.25, -0.2) is 4.57 Å². The van der Waals surface area contributed by atoms with Crippen LogP contribution in [0.1, 0.15) is 0 Å². The van der Waals surface area contributed by atoms with Crippen LogP contribution in [0.2, 0.25) is 0 Å². The Labute approximate surface area is 179 Å². The number of rotatable bonds is 7. The first kappa shape index (κ1) is 27.8. The van der Waals surface area contributed by atoms with E-state index in [0.717, 1.165) is 14.4 Å². The van der Waals surface area contributed by atoms with Crippen molar-refractivity contribution < 1.29 is 33.5 Å². The molecule has 6 N–H and O–H groups in total. The van der Waals surface area contributed by atoms with Crippen LogP contribution in [-0.4, -0.2) is 56.9 Å². The summed E-state index contributed by atoms with van der Waals surface area (Å²) in [4.78, 5) is 17.3. The van der Waals surface area contributed by atoms with E-state index in [1.54, 1.807) is 38.4 Å². The second kappa shape index (κ2) is 14.7. The quantitative estimate of drug-likeness (QED) is 0.339. The van der Waals surface area contributed by atoms with Gasteiger partial charge in [-0.15, -0.1) is 0 Å². The fourth-order valence-corrected chi connectivity index (χ4v) is 2.28. The van der Waals surface area contributed by atoms with Crippen molar-refractivity contribution in [1.82, 2.24) is 5.09 Å². The summed E-state index contributed by atoms with van der Waals surface area (Å²) >= 11 is 0. The molecule has 0 aliphatic heterocycles. The number of ether oxygens (including phenoxy) is 2.